The SMILES string of the molecule is N=C1c2cc(F)ccc2CN1c1cccc2c1CCCC2. The van der Waals surface area contributed by atoms with Gasteiger partial charge in [-0.3, -0.25) is 5.41 Å². The lowest BCUT2D eigenvalue weighted by atomic mass is 9.90. The lowest BCUT2D eigenvalue weighted by molar-refractivity contribution is 0.627. The standard InChI is InChI=1S/C18H17FN2/c19-14-9-8-13-11-21(18(20)16(13)10-14)17-7-3-5-12-4-1-2-6-15(12)17/h3,5,7-10,20H,1-2,4,6,11H2. The van der Waals surface area contributed by atoms with Gasteiger partial charge in [-0.25, -0.2) is 4.39 Å². The highest BCUT2D eigenvalue weighted by Gasteiger charge is 2.28. The molecule has 0 unspecified atom stereocenters. The summed E-state index contributed by atoms with van der Waals surface area (Å²) in [4.78, 5) is 2.02. The molecule has 1 aliphatic heterocycles. The maximum absolute atomic E-state index is 13.4. The molecule has 3 heteroatoms. The van der Waals surface area contributed by atoms with Crippen LogP contribution in [-0.2, 0) is 19.4 Å². The van der Waals surface area contributed by atoms with Gasteiger partial charge in [0, 0.05) is 11.3 Å². The van der Waals surface area contributed by atoms with Crippen molar-refractivity contribution in [3.05, 3.63) is 64.5 Å². The molecule has 106 valence electrons. The van der Waals surface area contributed by atoms with E-state index in [0.717, 1.165) is 29.7 Å². The number of amidine groups is 1. The van der Waals surface area contributed by atoms with Crippen molar-refractivity contribution in [2.75, 3.05) is 4.90 Å². The van der Waals surface area contributed by atoms with Crippen LogP contribution in [0.5, 0.6) is 0 Å². The molecular formula is C18H17FN2. The Kier molecular flexibility index (Phi) is 2.81. The van der Waals surface area contributed by atoms with Gasteiger partial charge in [0.15, 0.2) is 0 Å². The van der Waals surface area contributed by atoms with Gasteiger partial charge in [0.25, 0.3) is 0 Å². The fourth-order valence-corrected chi connectivity index (χ4v) is 3.52. The van der Waals surface area contributed by atoms with E-state index in [1.165, 1.54) is 36.1 Å². The van der Waals surface area contributed by atoms with Crippen molar-refractivity contribution >= 4 is 11.5 Å². The first-order chi connectivity index (χ1) is 10.2. The molecule has 0 radical (unpaired) electrons. The number of fused-ring (bicyclic) bond motifs is 2. The highest BCUT2D eigenvalue weighted by Crippen LogP contribution is 2.35. The normalized spacial score (nSPS) is 16.8. The van der Waals surface area contributed by atoms with Gasteiger partial charge < -0.3 is 4.90 Å². The van der Waals surface area contributed by atoms with Gasteiger partial charge in [0.05, 0.1) is 6.54 Å². The van der Waals surface area contributed by atoms with E-state index in [1.807, 2.05) is 4.90 Å². The number of hydrogen-bond donors (Lipinski definition) is 1. The number of halogens is 1. The highest BCUT2D eigenvalue weighted by atomic mass is 19.1. The van der Waals surface area contributed by atoms with E-state index in [4.69, 9.17) is 5.41 Å². The molecule has 1 N–H and O–H groups in total. The van der Waals surface area contributed by atoms with Gasteiger partial charge >= 0.3 is 0 Å². The summed E-state index contributed by atoms with van der Waals surface area (Å²) in [5.74, 6) is 0.152. The molecule has 2 aromatic rings. The van der Waals surface area contributed by atoms with Crippen LogP contribution in [0.2, 0.25) is 0 Å². The zero-order valence-electron chi connectivity index (χ0n) is 11.8. The largest absolute Gasteiger partial charge is 0.322 e. The molecular weight excluding hydrogens is 263 g/mol. The Labute approximate surface area is 123 Å². The highest BCUT2D eigenvalue weighted by molar-refractivity contribution is 6.12. The zero-order chi connectivity index (χ0) is 14.4. The summed E-state index contributed by atoms with van der Waals surface area (Å²) in [5.41, 5.74) is 5.68. The summed E-state index contributed by atoms with van der Waals surface area (Å²) in [7, 11) is 0. The first-order valence-corrected chi connectivity index (χ1v) is 7.50. The van der Waals surface area contributed by atoms with E-state index < -0.39 is 0 Å². The van der Waals surface area contributed by atoms with Crippen LogP contribution in [0.3, 0.4) is 0 Å². The average Bonchev–Trinajstić information content (AvgIpc) is 2.83. The molecule has 2 aromatic carbocycles. The van der Waals surface area contributed by atoms with Crippen LogP contribution in [0.1, 0.15) is 35.1 Å². The van der Waals surface area contributed by atoms with Gasteiger partial charge in [0.1, 0.15) is 11.7 Å². The second-order valence-corrected chi connectivity index (χ2v) is 5.86. The Morgan fingerprint density at radius 1 is 1.00 bits per heavy atom. The predicted octanol–water partition coefficient (Wildman–Crippen LogP) is 4.05. The lowest BCUT2D eigenvalue weighted by Crippen LogP contribution is -2.25. The maximum atomic E-state index is 13.4. The van der Waals surface area contributed by atoms with E-state index >= 15 is 0 Å². The predicted molar refractivity (Wildman–Crippen MR) is 82.5 cm³/mol. The summed E-state index contributed by atoms with van der Waals surface area (Å²) in [5, 5.41) is 8.40. The summed E-state index contributed by atoms with van der Waals surface area (Å²) in [6, 6.07) is 11.1. The summed E-state index contributed by atoms with van der Waals surface area (Å²) >= 11 is 0. The number of rotatable bonds is 1. The number of nitrogens with zero attached hydrogens (tertiary/aromatic N) is 1. The van der Waals surface area contributed by atoms with Crippen molar-refractivity contribution in [2.45, 2.75) is 32.2 Å². The quantitative estimate of drug-likeness (QED) is 0.838. The first-order valence-electron chi connectivity index (χ1n) is 7.50. The van der Waals surface area contributed by atoms with Crippen molar-refractivity contribution in [1.82, 2.24) is 0 Å². The third-order valence-electron chi connectivity index (χ3n) is 4.59. The van der Waals surface area contributed by atoms with E-state index in [0.29, 0.717) is 12.4 Å². The summed E-state index contributed by atoms with van der Waals surface area (Å²) in [6.45, 7) is 0.672. The molecule has 2 nitrogen and oxygen atoms in total. The summed E-state index contributed by atoms with van der Waals surface area (Å²) in [6.07, 6.45) is 4.68. The van der Waals surface area contributed by atoms with Crippen molar-refractivity contribution in [3.63, 3.8) is 0 Å². The van der Waals surface area contributed by atoms with Crippen LogP contribution in [0.15, 0.2) is 36.4 Å². The first kappa shape index (κ1) is 12.6. The van der Waals surface area contributed by atoms with E-state index in [1.54, 1.807) is 6.07 Å². The van der Waals surface area contributed by atoms with Gasteiger partial charge in [-0.05, 0) is 60.6 Å². The van der Waals surface area contributed by atoms with Crippen LogP contribution in [0, 0.1) is 11.2 Å². The number of nitrogens with one attached hydrogen (secondary N) is 1. The van der Waals surface area contributed by atoms with Gasteiger partial charge in [-0.1, -0.05) is 18.2 Å². The second kappa shape index (κ2) is 4.69. The monoisotopic (exact) mass is 280 g/mol. The second-order valence-electron chi connectivity index (χ2n) is 5.86. The van der Waals surface area contributed by atoms with E-state index in [9.17, 15) is 4.39 Å². The number of benzene rings is 2. The number of hydrogen-bond acceptors (Lipinski definition) is 1. The molecule has 0 amide bonds. The molecule has 0 spiro atoms. The Morgan fingerprint density at radius 2 is 1.86 bits per heavy atom. The minimum absolute atomic E-state index is 0.268. The number of aryl methyl sites for hydroxylation is 1. The van der Waals surface area contributed by atoms with Crippen LogP contribution >= 0.6 is 0 Å². The number of anilines is 1. The molecule has 0 bridgehead atoms. The minimum atomic E-state index is -0.268. The third-order valence-corrected chi connectivity index (χ3v) is 4.59. The Balaban J connectivity index is 1.78. The average molecular weight is 280 g/mol. The minimum Gasteiger partial charge on any atom is -0.322 e. The Bertz CT molecular complexity index is 736. The molecule has 0 saturated heterocycles. The van der Waals surface area contributed by atoms with Crippen LogP contribution in [-0.4, -0.2) is 5.84 Å². The fraction of sp³-hybridized carbons (Fsp3) is 0.278. The van der Waals surface area contributed by atoms with Crippen molar-refractivity contribution in [1.29, 1.82) is 5.41 Å². The molecule has 0 aromatic heterocycles. The Morgan fingerprint density at radius 3 is 2.76 bits per heavy atom. The van der Waals surface area contributed by atoms with E-state index in [-0.39, 0.29) is 5.82 Å². The fourth-order valence-electron chi connectivity index (χ4n) is 3.52. The maximum Gasteiger partial charge on any atom is 0.133 e. The van der Waals surface area contributed by atoms with Gasteiger partial charge in [0.2, 0.25) is 0 Å². The molecule has 0 fully saturated rings. The van der Waals surface area contributed by atoms with E-state index in [2.05, 4.69) is 18.2 Å². The topological polar surface area (TPSA) is 27.1 Å². The van der Waals surface area contributed by atoms with Crippen molar-refractivity contribution < 1.29 is 4.39 Å². The van der Waals surface area contributed by atoms with Crippen LogP contribution in [0.4, 0.5) is 10.1 Å². The molecule has 1 heterocycles. The molecule has 21 heavy (non-hydrogen) atoms. The van der Waals surface area contributed by atoms with Crippen LogP contribution in [0.25, 0.3) is 0 Å². The third kappa shape index (κ3) is 1.96. The molecule has 1 aliphatic carbocycles. The smallest absolute Gasteiger partial charge is 0.133 e. The van der Waals surface area contributed by atoms with Crippen LogP contribution < -0.4 is 4.90 Å². The molecule has 2 aliphatic rings. The van der Waals surface area contributed by atoms with Gasteiger partial charge in [-0.2, -0.15) is 0 Å². The van der Waals surface area contributed by atoms with Crippen molar-refractivity contribution in [3.8, 4) is 0 Å². The molecule has 0 saturated carbocycles. The van der Waals surface area contributed by atoms with Crippen molar-refractivity contribution in [2.24, 2.45) is 0 Å². The van der Waals surface area contributed by atoms with Gasteiger partial charge in [-0.15, -0.1) is 0 Å². The summed E-state index contributed by atoms with van der Waals surface area (Å²) < 4.78 is 13.4. The lowest BCUT2D eigenvalue weighted by Gasteiger charge is -2.26. The Hall–Kier alpha value is -2.16. The zero-order valence-corrected chi connectivity index (χ0v) is 11.8. The molecule has 0 atom stereocenters. The molecule has 4 rings (SSSR count).